The Kier molecular flexibility index (Phi) is 4.62. The third kappa shape index (κ3) is 3.17. The van der Waals surface area contributed by atoms with Crippen LogP contribution in [-0.4, -0.2) is 56.0 Å². The number of nitrogens with zero attached hydrogens (tertiary/aromatic N) is 2. The van der Waals surface area contributed by atoms with Crippen molar-refractivity contribution in [1.29, 1.82) is 0 Å². The lowest BCUT2D eigenvalue weighted by Crippen LogP contribution is -2.39. The molecular weight excluding hydrogens is 284 g/mol. The van der Waals surface area contributed by atoms with Crippen LogP contribution in [-0.2, 0) is 16.6 Å². The van der Waals surface area contributed by atoms with Crippen LogP contribution < -0.4 is 0 Å². The number of hydrogen-bond acceptors (Lipinski definition) is 5. The van der Waals surface area contributed by atoms with Crippen LogP contribution in [0.25, 0.3) is 0 Å². The molecule has 1 unspecified atom stereocenters. The molecule has 0 aromatic carbocycles. The fraction of sp³-hybridized carbons (Fsp3) is 0.667. The number of aliphatic hydroxyl groups excluding tert-OH is 1. The molecule has 0 bridgehead atoms. The van der Waals surface area contributed by atoms with E-state index in [0.29, 0.717) is 21.7 Å². The molecule has 1 aliphatic rings. The van der Waals surface area contributed by atoms with E-state index in [1.54, 1.807) is 19.2 Å². The predicted molar refractivity (Wildman–Crippen MR) is 75.7 cm³/mol. The van der Waals surface area contributed by atoms with Crippen molar-refractivity contribution in [3.8, 4) is 0 Å². The highest BCUT2D eigenvalue weighted by molar-refractivity contribution is 7.91. The van der Waals surface area contributed by atoms with Gasteiger partial charge in [-0.2, -0.15) is 4.31 Å². The van der Waals surface area contributed by atoms with Gasteiger partial charge in [0.1, 0.15) is 4.21 Å². The summed E-state index contributed by atoms with van der Waals surface area (Å²) >= 11 is 1.13. The van der Waals surface area contributed by atoms with Gasteiger partial charge in [-0.05, 0) is 38.6 Å². The van der Waals surface area contributed by atoms with Crippen LogP contribution in [0.2, 0.25) is 0 Å². The Balaban J connectivity index is 2.10. The molecule has 1 aliphatic heterocycles. The quantitative estimate of drug-likeness (QED) is 0.880. The number of likely N-dealkylation sites (tertiary alicyclic amines) is 1. The van der Waals surface area contributed by atoms with E-state index in [-0.39, 0.29) is 6.61 Å². The molecule has 2 rings (SSSR count). The van der Waals surface area contributed by atoms with Crippen molar-refractivity contribution in [2.45, 2.75) is 29.7 Å². The summed E-state index contributed by atoms with van der Waals surface area (Å²) in [5.41, 5.74) is 0. The van der Waals surface area contributed by atoms with Crippen molar-refractivity contribution in [1.82, 2.24) is 9.21 Å². The maximum atomic E-state index is 12.4. The number of thiophene rings is 1. The Hall–Kier alpha value is -0.470. The number of hydrogen-bond donors (Lipinski definition) is 1. The molecule has 5 nitrogen and oxygen atoms in total. The fourth-order valence-electron chi connectivity index (χ4n) is 2.34. The third-order valence-electron chi connectivity index (χ3n) is 3.60. The van der Waals surface area contributed by atoms with Gasteiger partial charge < -0.3 is 10.0 Å². The molecule has 7 heteroatoms. The Labute approximate surface area is 118 Å². The van der Waals surface area contributed by atoms with Crippen molar-refractivity contribution in [2.24, 2.45) is 0 Å². The van der Waals surface area contributed by atoms with E-state index in [1.807, 2.05) is 7.05 Å². The van der Waals surface area contributed by atoms with Gasteiger partial charge in [0.2, 0.25) is 0 Å². The van der Waals surface area contributed by atoms with Crippen molar-refractivity contribution in [3.63, 3.8) is 0 Å². The molecule has 1 fully saturated rings. The van der Waals surface area contributed by atoms with E-state index in [0.717, 1.165) is 30.7 Å². The van der Waals surface area contributed by atoms with E-state index in [4.69, 9.17) is 5.11 Å². The lowest BCUT2D eigenvalue weighted by molar-refractivity contribution is 0.271. The molecule has 1 aromatic heterocycles. The van der Waals surface area contributed by atoms with Gasteiger partial charge in [-0.15, -0.1) is 11.3 Å². The molecule has 108 valence electrons. The summed E-state index contributed by atoms with van der Waals surface area (Å²) in [6, 6.07) is 3.53. The van der Waals surface area contributed by atoms with Gasteiger partial charge >= 0.3 is 0 Å². The highest BCUT2D eigenvalue weighted by Gasteiger charge is 2.28. The zero-order chi connectivity index (χ0) is 14.0. The highest BCUT2D eigenvalue weighted by atomic mass is 32.2. The van der Waals surface area contributed by atoms with Crippen LogP contribution in [0.4, 0.5) is 0 Å². The van der Waals surface area contributed by atoms with Crippen LogP contribution in [0, 0.1) is 0 Å². The Morgan fingerprint density at radius 3 is 2.79 bits per heavy atom. The number of sulfonamides is 1. The second kappa shape index (κ2) is 5.88. The van der Waals surface area contributed by atoms with Gasteiger partial charge in [0.25, 0.3) is 10.0 Å². The van der Waals surface area contributed by atoms with Crippen molar-refractivity contribution in [2.75, 3.05) is 27.2 Å². The lowest BCUT2D eigenvalue weighted by Gasteiger charge is -2.24. The second-order valence-electron chi connectivity index (χ2n) is 4.94. The van der Waals surface area contributed by atoms with Gasteiger partial charge in [0, 0.05) is 24.5 Å². The lowest BCUT2D eigenvalue weighted by atomic mass is 10.2. The van der Waals surface area contributed by atoms with E-state index in [2.05, 4.69) is 4.90 Å². The van der Waals surface area contributed by atoms with Crippen LogP contribution in [0.15, 0.2) is 16.3 Å². The SMILES string of the molecule is CN1CCCC1CN(C)S(=O)(=O)c1ccc(CO)s1. The minimum absolute atomic E-state index is 0.116. The molecule has 1 saturated heterocycles. The fourth-order valence-corrected chi connectivity index (χ4v) is 4.98. The van der Waals surface area contributed by atoms with Crippen LogP contribution >= 0.6 is 11.3 Å². The van der Waals surface area contributed by atoms with Gasteiger partial charge in [0.05, 0.1) is 6.61 Å². The molecule has 0 aliphatic carbocycles. The van der Waals surface area contributed by atoms with Gasteiger partial charge in [-0.25, -0.2) is 8.42 Å². The number of rotatable bonds is 5. The number of likely N-dealkylation sites (N-methyl/N-ethyl adjacent to an activating group) is 2. The first-order chi connectivity index (χ1) is 8.95. The first-order valence-corrected chi connectivity index (χ1v) is 8.57. The summed E-state index contributed by atoms with van der Waals surface area (Å²) in [5, 5.41) is 9.02. The van der Waals surface area contributed by atoms with E-state index >= 15 is 0 Å². The minimum Gasteiger partial charge on any atom is -0.391 e. The maximum absolute atomic E-state index is 12.4. The smallest absolute Gasteiger partial charge is 0.252 e. The van der Waals surface area contributed by atoms with E-state index < -0.39 is 10.0 Å². The van der Waals surface area contributed by atoms with Gasteiger partial charge in [-0.1, -0.05) is 0 Å². The van der Waals surface area contributed by atoms with Crippen molar-refractivity contribution < 1.29 is 13.5 Å². The molecule has 1 atom stereocenters. The average Bonchev–Trinajstić information content (AvgIpc) is 2.99. The summed E-state index contributed by atoms with van der Waals surface area (Å²) in [6.45, 7) is 1.44. The van der Waals surface area contributed by atoms with Gasteiger partial charge in [0.15, 0.2) is 0 Å². The van der Waals surface area contributed by atoms with E-state index in [1.165, 1.54) is 4.31 Å². The molecule has 0 spiro atoms. The molecule has 1 aromatic rings. The normalized spacial score (nSPS) is 21.4. The Morgan fingerprint density at radius 1 is 1.53 bits per heavy atom. The maximum Gasteiger partial charge on any atom is 0.252 e. The summed E-state index contributed by atoms with van der Waals surface area (Å²) in [4.78, 5) is 2.88. The summed E-state index contributed by atoms with van der Waals surface area (Å²) in [7, 11) is 0.235. The molecule has 0 saturated carbocycles. The zero-order valence-electron chi connectivity index (χ0n) is 11.2. The average molecular weight is 304 g/mol. The monoisotopic (exact) mass is 304 g/mol. The first kappa shape index (κ1) is 14.9. The van der Waals surface area contributed by atoms with E-state index in [9.17, 15) is 8.42 Å². The summed E-state index contributed by atoms with van der Waals surface area (Å²) < 4.78 is 26.5. The Morgan fingerprint density at radius 2 is 2.26 bits per heavy atom. The van der Waals surface area contributed by atoms with Crippen molar-refractivity contribution >= 4 is 21.4 Å². The molecule has 0 amide bonds. The standard InChI is InChI=1S/C12H20N2O3S2/c1-13-7-3-4-10(13)8-14(2)19(16,17)12-6-5-11(9-15)18-12/h5-6,10,15H,3-4,7-9H2,1-2H3. The largest absolute Gasteiger partial charge is 0.391 e. The summed E-state index contributed by atoms with van der Waals surface area (Å²) in [6.07, 6.45) is 2.17. The molecule has 1 N–H and O–H groups in total. The van der Waals surface area contributed by atoms with Gasteiger partial charge in [-0.3, -0.25) is 0 Å². The van der Waals surface area contributed by atoms with Crippen LogP contribution in [0.5, 0.6) is 0 Å². The topological polar surface area (TPSA) is 60.9 Å². The molecule has 0 radical (unpaired) electrons. The third-order valence-corrected chi connectivity index (χ3v) is 6.96. The molecule has 2 heterocycles. The second-order valence-corrected chi connectivity index (χ2v) is 8.38. The zero-order valence-corrected chi connectivity index (χ0v) is 12.9. The molecular formula is C12H20N2O3S2. The molecule has 19 heavy (non-hydrogen) atoms. The summed E-state index contributed by atoms with van der Waals surface area (Å²) in [5.74, 6) is 0. The predicted octanol–water partition coefficient (Wildman–Crippen LogP) is 0.955. The Bertz CT molecular complexity index is 527. The minimum atomic E-state index is -3.43. The van der Waals surface area contributed by atoms with Crippen LogP contribution in [0.3, 0.4) is 0 Å². The first-order valence-electron chi connectivity index (χ1n) is 6.31. The van der Waals surface area contributed by atoms with Crippen molar-refractivity contribution in [3.05, 3.63) is 17.0 Å². The highest BCUT2D eigenvalue weighted by Crippen LogP contribution is 2.25. The number of aliphatic hydroxyl groups is 1. The van der Waals surface area contributed by atoms with Crippen LogP contribution in [0.1, 0.15) is 17.7 Å².